The number of carbonyl (C=O) groups is 1. The topological polar surface area (TPSA) is 50.4 Å². The lowest BCUT2D eigenvalue weighted by atomic mass is 10.1. The van der Waals surface area contributed by atoms with E-state index >= 15 is 0 Å². The lowest BCUT2D eigenvalue weighted by Crippen LogP contribution is -2.34. The number of hydroxylamine groups is 1. The zero-order chi connectivity index (χ0) is 16.7. The van der Waals surface area contributed by atoms with E-state index in [9.17, 15) is 18.0 Å². The Morgan fingerprint density at radius 2 is 1.70 bits per heavy atom. The lowest BCUT2D eigenvalue weighted by molar-refractivity contribution is -0.137. The molecule has 122 valence electrons. The first-order chi connectivity index (χ1) is 10.9. The van der Waals surface area contributed by atoms with Crippen molar-refractivity contribution < 1.29 is 22.8 Å². The number of amides is 2. The van der Waals surface area contributed by atoms with Crippen LogP contribution in [0.5, 0.6) is 0 Å². The Hall–Kier alpha value is -2.54. The standard InChI is InChI=1S/C16H15F3N2O2/c17-16(18,19)14-8-4-7-13(9-14)10-20-15(22)21-23-11-12-5-2-1-3-6-12/h1-9H,10-11H2,(H2,20,21,22). The number of alkyl halides is 3. The maximum atomic E-state index is 12.6. The van der Waals surface area contributed by atoms with E-state index in [1.807, 2.05) is 30.3 Å². The minimum atomic E-state index is -4.41. The fourth-order valence-corrected chi connectivity index (χ4v) is 1.84. The van der Waals surface area contributed by atoms with E-state index in [1.54, 1.807) is 0 Å². The predicted octanol–water partition coefficient (Wildman–Crippen LogP) is 3.64. The Balaban J connectivity index is 1.76. The highest BCUT2D eigenvalue weighted by Crippen LogP contribution is 2.29. The summed E-state index contributed by atoms with van der Waals surface area (Å²) < 4.78 is 37.7. The van der Waals surface area contributed by atoms with E-state index in [0.29, 0.717) is 5.56 Å². The van der Waals surface area contributed by atoms with Crippen LogP contribution in [0.4, 0.5) is 18.0 Å². The van der Waals surface area contributed by atoms with Gasteiger partial charge >= 0.3 is 12.2 Å². The van der Waals surface area contributed by atoms with Crippen LogP contribution in [0.3, 0.4) is 0 Å². The van der Waals surface area contributed by atoms with Gasteiger partial charge in [0.05, 0.1) is 12.2 Å². The van der Waals surface area contributed by atoms with E-state index < -0.39 is 17.8 Å². The first-order valence-corrected chi connectivity index (χ1v) is 6.81. The fraction of sp³-hybridized carbons (Fsp3) is 0.188. The van der Waals surface area contributed by atoms with Crippen LogP contribution in [0, 0.1) is 0 Å². The summed E-state index contributed by atoms with van der Waals surface area (Å²) in [6, 6.07) is 13.3. The van der Waals surface area contributed by atoms with Gasteiger partial charge in [0.15, 0.2) is 0 Å². The minimum absolute atomic E-state index is 0.0373. The van der Waals surface area contributed by atoms with Gasteiger partial charge in [0.1, 0.15) is 0 Å². The van der Waals surface area contributed by atoms with Crippen LogP contribution in [-0.2, 0) is 24.2 Å². The van der Waals surface area contributed by atoms with Crippen LogP contribution < -0.4 is 10.8 Å². The second kappa shape index (κ2) is 7.64. The third-order valence-electron chi connectivity index (χ3n) is 2.95. The summed E-state index contributed by atoms with van der Waals surface area (Å²) in [6.45, 7) is 0.155. The van der Waals surface area contributed by atoms with E-state index in [2.05, 4.69) is 10.8 Å². The molecule has 0 radical (unpaired) electrons. The molecule has 0 heterocycles. The summed E-state index contributed by atoms with van der Waals surface area (Å²) in [4.78, 5) is 16.5. The smallest absolute Gasteiger partial charge is 0.332 e. The van der Waals surface area contributed by atoms with Crippen molar-refractivity contribution in [2.75, 3.05) is 0 Å². The van der Waals surface area contributed by atoms with Crippen molar-refractivity contribution in [3.63, 3.8) is 0 Å². The van der Waals surface area contributed by atoms with Crippen LogP contribution in [0.25, 0.3) is 0 Å². The Morgan fingerprint density at radius 3 is 2.39 bits per heavy atom. The molecule has 0 atom stereocenters. The molecule has 0 aliphatic carbocycles. The maximum absolute atomic E-state index is 12.6. The van der Waals surface area contributed by atoms with Gasteiger partial charge in [0.25, 0.3) is 0 Å². The quantitative estimate of drug-likeness (QED) is 0.825. The molecule has 0 aliphatic rings. The highest BCUT2D eigenvalue weighted by atomic mass is 19.4. The summed E-state index contributed by atoms with van der Waals surface area (Å²) in [6.07, 6.45) is -4.41. The molecule has 0 aromatic heterocycles. The van der Waals surface area contributed by atoms with Gasteiger partial charge in [-0.1, -0.05) is 42.5 Å². The minimum Gasteiger partial charge on any atom is -0.332 e. The summed E-state index contributed by atoms with van der Waals surface area (Å²) >= 11 is 0. The van der Waals surface area contributed by atoms with Crippen molar-refractivity contribution in [2.45, 2.75) is 19.3 Å². The number of carbonyl (C=O) groups excluding carboxylic acids is 1. The predicted molar refractivity (Wildman–Crippen MR) is 78.0 cm³/mol. The third-order valence-corrected chi connectivity index (χ3v) is 2.95. The Morgan fingerprint density at radius 1 is 1.00 bits per heavy atom. The van der Waals surface area contributed by atoms with Crippen molar-refractivity contribution in [1.82, 2.24) is 10.8 Å². The van der Waals surface area contributed by atoms with Crippen LogP contribution in [0.2, 0.25) is 0 Å². The molecule has 2 amide bonds. The molecule has 0 spiro atoms. The average Bonchev–Trinajstić information content (AvgIpc) is 2.53. The molecule has 23 heavy (non-hydrogen) atoms. The van der Waals surface area contributed by atoms with E-state index in [4.69, 9.17) is 4.84 Å². The number of nitrogens with one attached hydrogen (secondary N) is 2. The van der Waals surface area contributed by atoms with E-state index in [-0.39, 0.29) is 13.2 Å². The Bertz CT molecular complexity index is 645. The van der Waals surface area contributed by atoms with Crippen LogP contribution in [0.1, 0.15) is 16.7 Å². The maximum Gasteiger partial charge on any atom is 0.416 e. The molecule has 7 heteroatoms. The van der Waals surface area contributed by atoms with Crippen molar-refractivity contribution in [3.8, 4) is 0 Å². The largest absolute Gasteiger partial charge is 0.416 e. The fourth-order valence-electron chi connectivity index (χ4n) is 1.84. The molecule has 2 rings (SSSR count). The Labute approximate surface area is 131 Å². The molecular weight excluding hydrogens is 309 g/mol. The van der Waals surface area contributed by atoms with Crippen molar-refractivity contribution in [2.24, 2.45) is 0 Å². The van der Waals surface area contributed by atoms with Gasteiger partial charge in [-0.25, -0.2) is 10.3 Å². The number of rotatable bonds is 5. The highest BCUT2D eigenvalue weighted by molar-refractivity contribution is 5.72. The zero-order valence-corrected chi connectivity index (χ0v) is 12.1. The second-order valence-electron chi connectivity index (χ2n) is 4.76. The molecule has 2 aromatic rings. The summed E-state index contributed by atoms with van der Waals surface area (Å²) in [5.41, 5.74) is 2.65. The third kappa shape index (κ3) is 5.63. The highest BCUT2D eigenvalue weighted by Gasteiger charge is 2.30. The zero-order valence-electron chi connectivity index (χ0n) is 12.1. The van der Waals surface area contributed by atoms with Crippen LogP contribution in [-0.4, -0.2) is 6.03 Å². The summed E-state index contributed by atoms with van der Waals surface area (Å²) in [5.74, 6) is 0. The van der Waals surface area contributed by atoms with Crippen molar-refractivity contribution in [3.05, 3.63) is 71.3 Å². The van der Waals surface area contributed by atoms with Gasteiger partial charge < -0.3 is 5.32 Å². The molecule has 0 unspecified atom stereocenters. The summed E-state index contributed by atoms with van der Waals surface area (Å²) in [7, 11) is 0. The Kier molecular flexibility index (Phi) is 5.59. The molecule has 0 saturated carbocycles. The molecule has 0 fully saturated rings. The summed E-state index contributed by atoms with van der Waals surface area (Å²) in [5, 5.41) is 2.42. The monoisotopic (exact) mass is 324 g/mol. The number of benzene rings is 2. The van der Waals surface area contributed by atoms with Gasteiger partial charge in [0.2, 0.25) is 0 Å². The molecule has 0 bridgehead atoms. The SMILES string of the molecule is O=C(NCc1cccc(C(F)(F)F)c1)NOCc1ccccc1. The van der Waals surface area contributed by atoms with Crippen LogP contribution >= 0.6 is 0 Å². The van der Waals surface area contributed by atoms with Crippen molar-refractivity contribution >= 4 is 6.03 Å². The first kappa shape index (κ1) is 16.8. The van der Waals surface area contributed by atoms with E-state index in [0.717, 1.165) is 17.7 Å². The number of halogens is 3. The van der Waals surface area contributed by atoms with Gasteiger partial charge in [-0.05, 0) is 23.3 Å². The molecular formula is C16H15F3N2O2. The molecule has 4 nitrogen and oxygen atoms in total. The lowest BCUT2D eigenvalue weighted by Gasteiger charge is -2.10. The number of hydrogen-bond donors (Lipinski definition) is 2. The molecule has 0 aliphatic heterocycles. The molecule has 0 saturated heterocycles. The number of hydrogen-bond acceptors (Lipinski definition) is 2. The second-order valence-corrected chi connectivity index (χ2v) is 4.76. The van der Waals surface area contributed by atoms with E-state index in [1.165, 1.54) is 12.1 Å². The normalized spacial score (nSPS) is 11.1. The van der Waals surface area contributed by atoms with Gasteiger partial charge in [-0.3, -0.25) is 4.84 Å². The molecule has 2 N–H and O–H groups in total. The first-order valence-electron chi connectivity index (χ1n) is 6.81. The van der Waals surface area contributed by atoms with Crippen molar-refractivity contribution in [1.29, 1.82) is 0 Å². The van der Waals surface area contributed by atoms with Gasteiger partial charge in [0, 0.05) is 6.54 Å². The average molecular weight is 324 g/mol. The van der Waals surface area contributed by atoms with Gasteiger partial charge in [-0.2, -0.15) is 13.2 Å². The van der Waals surface area contributed by atoms with Crippen LogP contribution in [0.15, 0.2) is 54.6 Å². The van der Waals surface area contributed by atoms with Gasteiger partial charge in [-0.15, -0.1) is 0 Å². The molecule has 2 aromatic carbocycles. The number of urea groups is 1.